The van der Waals surface area contributed by atoms with Gasteiger partial charge in [0.1, 0.15) is 23.1 Å². The van der Waals surface area contributed by atoms with Crippen LogP contribution in [0.5, 0.6) is 11.5 Å². The van der Waals surface area contributed by atoms with E-state index in [1.54, 1.807) is 18.3 Å². The number of carbonyl (C=O) groups is 1. The van der Waals surface area contributed by atoms with Gasteiger partial charge in [0.05, 0.1) is 28.8 Å². The lowest BCUT2D eigenvalue weighted by Gasteiger charge is -2.21. The molecule has 0 radical (unpaired) electrons. The number of hydrogen-bond donors (Lipinski definition) is 3. The van der Waals surface area contributed by atoms with Crippen molar-refractivity contribution in [3.8, 4) is 34.0 Å². The minimum atomic E-state index is -0.116. The fourth-order valence-electron chi connectivity index (χ4n) is 4.98. The van der Waals surface area contributed by atoms with Crippen molar-refractivity contribution in [3.63, 3.8) is 0 Å². The van der Waals surface area contributed by atoms with Crippen LogP contribution in [0.3, 0.4) is 0 Å². The molecule has 3 aromatic heterocycles. The number of amides is 1. The van der Waals surface area contributed by atoms with E-state index < -0.39 is 0 Å². The third-order valence-corrected chi connectivity index (χ3v) is 6.92. The van der Waals surface area contributed by atoms with Gasteiger partial charge in [0.15, 0.2) is 0 Å². The average molecular weight is 508 g/mol. The van der Waals surface area contributed by atoms with E-state index in [4.69, 9.17) is 15.5 Å². The number of hydrogen-bond acceptors (Lipinski definition) is 6. The summed E-state index contributed by atoms with van der Waals surface area (Å²) in [7, 11) is 0. The summed E-state index contributed by atoms with van der Waals surface area (Å²) in [5, 5.41) is 7.38. The summed E-state index contributed by atoms with van der Waals surface area (Å²) in [4.78, 5) is 23.8. The van der Waals surface area contributed by atoms with Crippen molar-refractivity contribution < 1.29 is 9.53 Å². The zero-order valence-corrected chi connectivity index (χ0v) is 21.1. The van der Waals surface area contributed by atoms with E-state index in [0.29, 0.717) is 34.9 Å². The molecule has 1 aliphatic rings. The first kappa shape index (κ1) is 23.7. The SMILES string of the molecule is CC(=O)Nc1ccc(Oc2ccc3nc(-c4cc(-c5cnn(C6CCCCC6)c5)cnc4N)[nH]c3c2)cc1. The second-order valence-electron chi connectivity index (χ2n) is 9.73. The van der Waals surface area contributed by atoms with Gasteiger partial charge < -0.3 is 20.8 Å². The number of ether oxygens (including phenoxy) is 1. The third-order valence-electron chi connectivity index (χ3n) is 6.92. The molecule has 4 N–H and O–H groups in total. The van der Waals surface area contributed by atoms with E-state index in [9.17, 15) is 4.79 Å². The Balaban J connectivity index is 1.24. The number of anilines is 2. The summed E-state index contributed by atoms with van der Waals surface area (Å²) in [6.45, 7) is 1.48. The Bertz CT molecular complexity index is 1600. The summed E-state index contributed by atoms with van der Waals surface area (Å²) < 4.78 is 8.11. The van der Waals surface area contributed by atoms with Gasteiger partial charge in [-0.2, -0.15) is 5.10 Å². The molecule has 192 valence electrons. The second kappa shape index (κ2) is 10.0. The second-order valence-corrected chi connectivity index (χ2v) is 9.73. The number of rotatable bonds is 6. The van der Waals surface area contributed by atoms with Gasteiger partial charge in [0.25, 0.3) is 0 Å². The number of carbonyl (C=O) groups excluding carboxylic acids is 1. The smallest absolute Gasteiger partial charge is 0.221 e. The monoisotopic (exact) mass is 507 g/mol. The number of imidazole rings is 1. The first-order valence-electron chi connectivity index (χ1n) is 12.9. The van der Waals surface area contributed by atoms with Crippen LogP contribution in [0.2, 0.25) is 0 Å². The van der Waals surface area contributed by atoms with Crippen LogP contribution in [0.1, 0.15) is 45.1 Å². The molecule has 0 bridgehead atoms. The molecule has 0 aliphatic heterocycles. The first-order chi connectivity index (χ1) is 18.5. The molecule has 5 aromatic rings. The lowest BCUT2D eigenvalue weighted by Crippen LogP contribution is -2.12. The van der Waals surface area contributed by atoms with Crippen molar-refractivity contribution in [2.45, 2.75) is 45.1 Å². The van der Waals surface area contributed by atoms with Gasteiger partial charge in [-0.3, -0.25) is 9.48 Å². The van der Waals surface area contributed by atoms with E-state index in [-0.39, 0.29) is 5.91 Å². The molecule has 6 rings (SSSR count). The number of fused-ring (bicyclic) bond motifs is 1. The number of aromatic amines is 1. The van der Waals surface area contributed by atoms with E-state index in [2.05, 4.69) is 31.3 Å². The third kappa shape index (κ3) is 4.95. The Morgan fingerprint density at radius 3 is 2.61 bits per heavy atom. The fraction of sp³-hybridized carbons (Fsp3) is 0.241. The lowest BCUT2D eigenvalue weighted by molar-refractivity contribution is -0.114. The van der Waals surface area contributed by atoms with Gasteiger partial charge in [-0.1, -0.05) is 19.3 Å². The van der Waals surface area contributed by atoms with Crippen molar-refractivity contribution >= 4 is 28.4 Å². The Kier molecular flexibility index (Phi) is 6.25. The molecular weight excluding hydrogens is 478 g/mol. The van der Waals surface area contributed by atoms with Gasteiger partial charge in [0.2, 0.25) is 5.91 Å². The fourth-order valence-corrected chi connectivity index (χ4v) is 4.98. The van der Waals surface area contributed by atoms with Crippen LogP contribution in [0.25, 0.3) is 33.5 Å². The molecule has 0 atom stereocenters. The highest BCUT2D eigenvalue weighted by atomic mass is 16.5. The molecule has 38 heavy (non-hydrogen) atoms. The van der Waals surface area contributed by atoms with Crippen molar-refractivity contribution in [2.24, 2.45) is 0 Å². The Hall–Kier alpha value is -4.66. The minimum Gasteiger partial charge on any atom is -0.457 e. The van der Waals surface area contributed by atoms with Crippen LogP contribution in [-0.2, 0) is 4.79 Å². The maximum absolute atomic E-state index is 11.2. The standard InChI is InChI=1S/C29H29N7O2/c1-18(37)33-21-7-9-23(10-8-21)38-24-11-12-26-27(14-24)35-29(34-26)25-13-19(15-31-28(25)30)20-16-32-36(17-20)22-5-3-2-4-6-22/h7-17,22H,2-6H2,1H3,(H2,30,31)(H,33,37)(H,34,35). The number of nitrogens with two attached hydrogens (primary N) is 1. The van der Waals surface area contributed by atoms with E-state index in [1.165, 1.54) is 39.0 Å². The molecule has 2 aromatic carbocycles. The summed E-state index contributed by atoms with van der Waals surface area (Å²) in [6.07, 6.45) is 12.0. The van der Waals surface area contributed by atoms with Crippen LogP contribution in [0.15, 0.2) is 67.1 Å². The molecule has 1 amide bonds. The zero-order chi connectivity index (χ0) is 26.1. The highest BCUT2D eigenvalue weighted by Crippen LogP contribution is 2.33. The van der Waals surface area contributed by atoms with Crippen molar-refractivity contribution in [1.82, 2.24) is 24.7 Å². The molecule has 1 fully saturated rings. The van der Waals surface area contributed by atoms with Crippen LogP contribution in [-0.4, -0.2) is 30.6 Å². The molecule has 9 heteroatoms. The number of nitrogens with zero attached hydrogens (tertiary/aromatic N) is 4. The summed E-state index contributed by atoms with van der Waals surface area (Å²) in [5.74, 6) is 2.25. The van der Waals surface area contributed by atoms with Crippen molar-refractivity contribution in [2.75, 3.05) is 11.1 Å². The van der Waals surface area contributed by atoms with Gasteiger partial charge >= 0.3 is 0 Å². The molecule has 9 nitrogen and oxygen atoms in total. The van der Waals surface area contributed by atoms with E-state index in [0.717, 1.165) is 27.7 Å². The predicted molar refractivity (Wildman–Crippen MR) is 148 cm³/mol. The number of nitrogen functional groups attached to an aromatic ring is 1. The lowest BCUT2D eigenvalue weighted by atomic mass is 9.96. The topological polar surface area (TPSA) is 124 Å². The van der Waals surface area contributed by atoms with Crippen molar-refractivity contribution in [1.29, 1.82) is 0 Å². The summed E-state index contributed by atoms with van der Waals surface area (Å²) in [6, 6.07) is 15.4. The van der Waals surface area contributed by atoms with Gasteiger partial charge in [-0.15, -0.1) is 0 Å². The van der Waals surface area contributed by atoms with Gasteiger partial charge in [0, 0.05) is 42.2 Å². The Morgan fingerprint density at radius 2 is 1.82 bits per heavy atom. The number of benzene rings is 2. The van der Waals surface area contributed by atoms with E-state index >= 15 is 0 Å². The zero-order valence-electron chi connectivity index (χ0n) is 21.1. The minimum absolute atomic E-state index is 0.116. The highest BCUT2D eigenvalue weighted by molar-refractivity contribution is 5.88. The number of aromatic nitrogens is 5. The summed E-state index contributed by atoms with van der Waals surface area (Å²) >= 11 is 0. The first-order valence-corrected chi connectivity index (χ1v) is 12.9. The highest BCUT2D eigenvalue weighted by Gasteiger charge is 2.18. The molecular formula is C29H29N7O2. The molecule has 3 heterocycles. The Labute approximate surface area is 220 Å². The number of pyridine rings is 1. The number of nitrogens with one attached hydrogen (secondary N) is 2. The molecule has 1 aliphatic carbocycles. The van der Waals surface area contributed by atoms with E-state index in [1.807, 2.05) is 42.6 Å². The maximum atomic E-state index is 11.2. The van der Waals surface area contributed by atoms with Crippen LogP contribution in [0.4, 0.5) is 11.5 Å². The predicted octanol–water partition coefficient (Wildman–Crippen LogP) is 6.33. The van der Waals surface area contributed by atoms with Crippen LogP contribution >= 0.6 is 0 Å². The summed E-state index contributed by atoms with van der Waals surface area (Å²) in [5.41, 5.74) is 11.3. The largest absolute Gasteiger partial charge is 0.457 e. The Morgan fingerprint density at radius 1 is 1.03 bits per heavy atom. The van der Waals surface area contributed by atoms with Gasteiger partial charge in [-0.25, -0.2) is 9.97 Å². The normalized spacial score (nSPS) is 14.0. The molecule has 0 unspecified atom stereocenters. The average Bonchev–Trinajstić information content (AvgIpc) is 3.58. The maximum Gasteiger partial charge on any atom is 0.221 e. The molecule has 0 saturated heterocycles. The van der Waals surface area contributed by atoms with Crippen molar-refractivity contribution in [3.05, 3.63) is 67.1 Å². The van der Waals surface area contributed by atoms with Gasteiger partial charge in [-0.05, 0) is 55.3 Å². The quantitative estimate of drug-likeness (QED) is 0.247. The molecule has 0 spiro atoms. The number of H-pyrrole nitrogens is 1. The molecule has 1 saturated carbocycles. The van der Waals surface area contributed by atoms with Crippen LogP contribution in [0, 0.1) is 0 Å². The van der Waals surface area contributed by atoms with Crippen LogP contribution < -0.4 is 15.8 Å².